The number of methoxy groups -OCH3 is 1. The molecule has 0 atom stereocenters. The molecule has 3 aromatic rings. The monoisotopic (exact) mass is 384 g/mol. The molecule has 0 aliphatic rings. The maximum atomic E-state index is 12.5. The fourth-order valence-corrected chi connectivity index (χ4v) is 2.74. The molecule has 0 aliphatic carbocycles. The van der Waals surface area contributed by atoms with E-state index in [0.29, 0.717) is 33.7 Å². The summed E-state index contributed by atoms with van der Waals surface area (Å²) in [6, 6.07) is 11.6. The Balaban J connectivity index is 1.83. The molecule has 0 spiro atoms. The van der Waals surface area contributed by atoms with Crippen molar-refractivity contribution in [3.8, 4) is 17.1 Å². The first kappa shape index (κ1) is 18.6. The minimum Gasteiger partial charge on any atom is -0.495 e. The molecule has 0 fully saturated rings. The molecule has 0 aliphatic heterocycles. The number of aryl methyl sites for hydroxylation is 1. The van der Waals surface area contributed by atoms with Crippen LogP contribution in [0.3, 0.4) is 0 Å². The van der Waals surface area contributed by atoms with Gasteiger partial charge in [-0.3, -0.25) is 19.1 Å². The van der Waals surface area contributed by atoms with E-state index in [-0.39, 0.29) is 12.1 Å². The predicted octanol–water partition coefficient (Wildman–Crippen LogP) is 2.91. The van der Waals surface area contributed by atoms with E-state index in [2.05, 4.69) is 15.3 Å². The van der Waals surface area contributed by atoms with Crippen LogP contribution in [-0.4, -0.2) is 27.6 Å². The number of ether oxygens (including phenoxy) is 1. The van der Waals surface area contributed by atoms with Gasteiger partial charge in [0.2, 0.25) is 5.91 Å². The number of benzene rings is 1. The lowest BCUT2D eigenvalue weighted by Crippen LogP contribution is -2.30. The molecule has 0 saturated carbocycles. The van der Waals surface area contributed by atoms with Crippen LogP contribution in [0.1, 0.15) is 5.82 Å². The normalized spacial score (nSPS) is 10.5. The largest absolute Gasteiger partial charge is 0.495 e. The maximum Gasteiger partial charge on any atom is 0.254 e. The van der Waals surface area contributed by atoms with Crippen molar-refractivity contribution in [2.75, 3.05) is 12.4 Å². The van der Waals surface area contributed by atoms with E-state index in [1.165, 1.54) is 17.7 Å². The second-order valence-electron chi connectivity index (χ2n) is 5.72. The van der Waals surface area contributed by atoms with Crippen LogP contribution in [0.2, 0.25) is 5.02 Å². The molecular formula is C19H17ClN4O3. The van der Waals surface area contributed by atoms with Crippen LogP contribution in [0.15, 0.2) is 53.5 Å². The quantitative estimate of drug-likeness (QED) is 0.731. The lowest BCUT2D eigenvalue weighted by molar-refractivity contribution is -0.116. The van der Waals surface area contributed by atoms with Gasteiger partial charge in [-0.2, -0.15) is 0 Å². The predicted molar refractivity (Wildman–Crippen MR) is 103 cm³/mol. The standard InChI is InChI=1S/C19H17ClN4O3/c1-12-22-15(14-5-3-4-8-21-14)10-19(26)24(12)11-18(25)23-16-9-13(20)6-7-17(16)27-2/h3-10H,11H2,1-2H3,(H,23,25). The number of hydrogen-bond acceptors (Lipinski definition) is 5. The number of anilines is 1. The molecule has 1 N–H and O–H groups in total. The molecule has 1 amide bonds. The Morgan fingerprint density at radius 3 is 2.70 bits per heavy atom. The molecule has 7 nitrogen and oxygen atoms in total. The average molecular weight is 385 g/mol. The van der Waals surface area contributed by atoms with Gasteiger partial charge in [0.25, 0.3) is 5.56 Å². The van der Waals surface area contributed by atoms with E-state index in [1.54, 1.807) is 43.5 Å². The molecule has 0 saturated heterocycles. The number of hydrogen-bond donors (Lipinski definition) is 1. The number of carbonyl (C=O) groups excluding carboxylic acids is 1. The molecule has 2 heterocycles. The smallest absolute Gasteiger partial charge is 0.254 e. The van der Waals surface area contributed by atoms with Gasteiger partial charge in [0.1, 0.15) is 18.1 Å². The fourth-order valence-electron chi connectivity index (χ4n) is 2.57. The highest BCUT2D eigenvalue weighted by Gasteiger charge is 2.13. The Bertz CT molecular complexity index is 1030. The summed E-state index contributed by atoms with van der Waals surface area (Å²) in [5.41, 5.74) is 1.15. The Hall–Kier alpha value is -3.19. The third-order valence-corrected chi connectivity index (χ3v) is 4.10. The number of amides is 1. The molecule has 0 bridgehead atoms. The van der Waals surface area contributed by atoms with Crippen molar-refractivity contribution >= 4 is 23.2 Å². The van der Waals surface area contributed by atoms with Crippen LogP contribution < -0.4 is 15.6 Å². The number of carbonyl (C=O) groups is 1. The highest BCUT2D eigenvalue weighted by molar-refractivity contribution is 6.31. The first-order valence-corrected chi connectivity index (χ1v) is 8.49. The van der Waals surface area contributed by atoms with Crippen molar-refractivity contribution in [3.63, 3.8) is 0 Å². The molecule has 138 valence electrons. The van der Waals surface area contributed by atoms with Crippen LogP contribution in [0.25, 0.3) is 11.4 Å². The molecule has 0 radical (unpaired) electrons. The molecule has 0 unspecified atom stereocenters. The zero-order valence-corrected chi connectivity index (χ0v) is 15.5. The molecule has 27 heavy (non-hydrogen) atoms. The van der Waals surface area contributed by atoms with Gasteiger partial charge in [0.15, 0.2) is 0 Å². The summed E-state index contributed by atoms with van der Waals surface area (Å²) in [7, 11) is 1.49. The topological polar surface area (TPSA) is 86.1 Å². The van der Waals surface area contributed by atoms with Gasteiger partial charge in [-0.25, -0.2) is 4.98 Å². The number of aromatic nitrogens is 3. The zero-order chi connectivity index (χ0) is 19.4. The Morgan fingerprint density at radius 1 is 1.22 bits per heavy atom. The van der Waals surface area contributed by atoms with E-state index in [4.69, 9.17) is 16.3 Å². The van der Waals surface area contributed by atoms with E-state index in [9.17, 15) is 9.59 Å². The van der Waals surface area contributed by atoms with Gasteiger partial charge in [0, 0.05) is 17.3 Å². The van der Waals surface area contributed by atoms with Crippen LogP contribution in [-0.2, 0) is 11.3 Å². The summed E-state index contributed by atoms with van der Waals surface area (Å²) >= 11 is 5.97. The molecule has 1 aromatic carbocycles. The van der Waals surface area contributed by atoms with Crippen LogP contribution >= 0.6 is 11.6 Å². The van der Waals surface area contributed by atoms with Crippen molar-refractivity contribution in [3.05, 3.63) is 69.9 Å². The van der Waals surface area contributed by atoms with Gasteiger partial charge in [-0.1, -0.05) is 17.7 Å². The van der Waals surface area contributed by atoms with Crippen LogP contribution in [0.5, 0.6) is 5.75 Å². The first-order valence-electron chi connectivity index (χ1n) is 8.11. The van der Waals surface area contributed by atoms with Gasteiger partial charge in [-0.05, 0) is 37.3 Å². The summed E-state index contributed by atoms with van der Waals surface area (Å²) in [6.07, 6.45) is 1.63. The van der Waals surface area contributed by atoms with Crippen molar-refractivity contribution in [2.45, 2.75) is 13.5 Å². The number of halogens is 1. The van der Waals surface area contributed by atoms with E-state index in [1.807, 2.05) is 6.07 Å². The number of rotatable bonds is 5. The van der Waals surface area contributed by atoms with Crippen molar-refractivity contribution in [2.24, 2.45) is 0 Å². The fraction of sp³-hybridized carbons (Fsp3) is 0.158. The zero-order valence-electron chi connectivity index (χ0n) is 14.8. The highest BCUT2D eigenvalue weighted by Crippen LogP contribution is 2.27. The van der Waals surface area contributed by atoms with Crippen molar-refractivity contribution in [1.29, 1.82) is 0 Å². The average Bonchev–Trinajstić information content (AvgIpc) is 2.65. The van der Waals surface area contributed by atoms with Crippen LogP contribution in [0, 0.1) is 6.92 Å². The highest BCUT2D eigenvalue weighted by atomic mass is 35.5. The number of nitrogens with one attached hydrogen (secondary N) is 1. The van der Waals surface area contributed by atoms with Gasteiger partial charge in [0.05, 0.1) is 24.2 Å². The minimum absolute atomic E-state index is 0.185. The second-order valence-corrected chi connectivity index (χ2v) is 6.16. The third kappa shape index (κ3) is 4.32. The minimum atomic E-state index is -0.395. The SMILES string of the molecule is COc1ccc(Cl)cc1NC(=O)Cn1c(C)nc(-c2ccccn2)cc1=O. The lowest BCUT2D eigenvalue weighted by Gasteiger charge is -2.13. The van der Waals surface area contributed by atoms with Gasteiger partial charge < -0.3 is 10.1 Å². The van der Waals surface area contributed by atoms with E-state index in [0.717, 1.165) is 0 Å². The van der Waals surface area contributed by atoms with Gasteiger partial charge >= 0.3 is 0 Å². The Morgan fingerprint density at radius 2 is 2.04 bits per heavy atom. The van der Waals surface area contributed by atoms with Crippen molar-refractivity contribution < 1.29 is 9.53 Å². The van der Waals surface area contributed by atoms with E-state index >= 15 is 0 Å². The third-order valence-electron chi connectivity index (χ3n) is 3.86. The maximum absolute atomic E-state index is 12.5. The number of nitrogens with zero attached hydrogens (tertiary/aromatic N) is 3. The van der Waals surface area contributed by atoms with Gasteiger partial charge in [-0.15, -0.1) is 0 Å². The molecule has 8 heteroatoms. The summed E-state index contributed by atoms with van der Waals surface area (Å²) in [5.74, 6) is 0.491. The summed E-state index contributed by atoms with van der Waals surface area (Å²) in [4.78, 5) is 33.5. The Kier molecular flexibility index (Phi) is 5.52. The molecular weight excluding hydrogens is 368 g/mol. The number of pyridine rings is 1. The van der Waals surface area contributed by atoms with Crippen molar-refractivity contribution in [1.82, 2.24) is 14.5 Å². The summed E-state index contributed by atoms with van der Waals surface area (Å²) < 4.78 is 6.49. The summed E-state index contributed by atoms with van der Waals surface area (Å²) in [5, 5.41) is 3.16. The molecule has 2 aromatic heterocycles. The van der Waals surface area contributed by atoms with E-state index < -0.39 is 5.91 Å². The first-order chi connectivity index (χ1) is 13.0. The Labute approximate surface area is 160 Å². The molecule has 3 rings (SSSR count). The van der Waals surface area contributed by atoms with Crippen LogP contribution in [0.4, 0.5) is 5.69 Å². The second kappa shape index (κ2) is 8.01. The lowest BCUT2D eigenvalue weighted by atomic mass is 10.2. The summed E-state index contributed by atoms with van der Waals surface area (Å²) in [6.45, 7) is 1.48.